The van der Waals surface area contributed by atoms with Crippen LogP contribution in [0.5, 0.6) is 0 Å². The lowest BCUT2D eigenvalue weighted by atomic mass is 10.2. The van der Waals surface area contributed by atoms with E-state index >= 15 is 0 Å². The van der Waals surface area contributed by atoms with E-state index in [2.05, 4.69) is 16.8 Å². The molecule has 1 fully saturated rings. The Hall–Kier alpha value is -0.770. The molecular formula is C12H18ClN3. The van der Waals surface area contributed by atoms with Gasteiger partial charge in [-0.25, -0.2) is 0 Å². The Morgan fingerprint density at radius 1 is 1.19 bits per heavy atom. The number of hydrogen-bond acceptors (Lipinski definition) is 3. The SMILES string of the molecule is CN1CCN(Cc2cc(N)cc(Cl)c2)CC1. The van der Waals surface area contributed by atoms with E-state index < -0.39 is 0 Å². The zero-order valence-electron chi connectivity index (χ0n) is 9.62. The molecule has 0 aliphatic carbocycles. The highest BCUT2D eigenvalue weighted by Crippen LogP contribution is 2.18. The highest BCUT2D eigenvalue weighted by molar-refractivity contribution is 6.30. The molecule has 0 aromatic heterocycles. The molecule has 0 spiro atoms. The van der Waals surface area contributed by atoms with Gasteiger partial charge in [0.15, 0.2) is 0 Å². The van der Waals surface area contributed by atoms with Gasteiger partial charge in [-0.15, -0.1) is 0 Å². The van der Waals surface area contributed by atoms with Crippen LogP contribution in [-0.2, 0) is 6.54 Å². The summed E-state index contributed by atoms with van der Waals surface area (Å²) in [4.78, 5) is 4.79. The normalized spacial score (nSPS) is 18.9. The summed E-state index contributed by atoms with van der Waals surface area (Å²) in [5.74, 6) is 0. The van der Waals surface area contributed by atoms with Crippen molar-refractivity contribution in [1.82, 2.24) is 9.80 Å². The Morgan fingerprint density at radius 2 is 1.88 bits per heavy atom. The fourth-order valence-corrected chi connectivity index (χ4v) is 2.30. The quantitative estimate of drug-likeness (QED) is 0.797. The third-order valence-corrected chi connectivity index (χ3v) is 3.20. The molecule has 1 heterocycles. The van der Waals surface area contributed by atoms with Crippen LogP contribution in [0.25, 0.3) is 0 Å². The van der Waals surface area contributed by atoms with Crippen molar-refractivity contribution < 1.29 is 0 Å². The summed E-state index contributed by atoms with van der Waals surface area (Å²) in [5, 5.41) is 0.726. The molecule has 4 heteroatoms. The van der Waals surface area contributed by atoms with Gasteiger partial charge >= 0.3 is 0 Å². The van der Waals surface area contributed by atoms with Gasteiger partial charge in [-0.2, -0.15) is 0 Å². The second-order valence-corrected chi connectivity index (χ2v) is 4.91. The Labute approximate surface area is 102 Å². The van der Waals surface area contributed by atoms with E-state index in [0.29, 0.717) is 0 Å². The zero-order chi connectivity index (χ0) is 11.5. The molecule has 3 nitrogen and oxygen atoms in total. The van der Waals surface area contributed by atoms with Gasteiger partial charge in [-0.3, -0.25) is 4.90 Å². The summed E-state index contributed by atoms with van der Waals surface area (Å²) in [6.45, 7) is 5.44. The number of likely N-dealkylation sites (N-methyl/N-ethyl adjacent to an activating group) is 1. The highest BCUT2D eigenvalue weighted by atomic mass is 35.5. The number of nitrogens with zero attached hydrogens (tertiary/aromatic N) is 2. The van der Waals surface area contributed by atoms with Gasteiger partial charge in [-0.1, -0.05) is 11.6 Å². The van der Waals surface area contributed by atoms with Crippen molar-refractivity contribution >= 4 is 17.3 Å². The third kappa shape index (κ3) is 3.11. The van der Waals surface area contributed by atoms with Crippen LogP contribution < -0.4 is 5.73 Å². The Morgan fingerprint density at radius 3 is 2.50 bits per heavy atom. The second kappa shape index (κ2) is 5.04. The van der Waals surface area contributed by atoms with Gasteiger partial charge in [0.2, 0.25) is 0 Å². The van der Waals surface area contributed by atoms with E-state index in [1.807, 2.05) is 12.1 Å². The summed E-state index contributed by atoms with van der Waals surface area (Å²) < 4.78 is 0. The van der Waals surface area contributed by atoms with Crippen LogP contribution in [0.2, 0.25) is 5.02 Å². The smallest absolute Gasteiger partial charge is 0.0429 e. The van der Waals surface area contributed by atoms with Gasteiger partial charge in [0.1, 0.15) is 0 Å². The van der Waals surface area contributed by atoms with Crippen LogP contribution in [-0.4, -0.2) is 43.0 Å². The van der Waals surface area contributed by atoms with Gasteiger partial charge in [-0.05, 0) is 30.8 Å². The van der Waals surface area contributed by atoms with E-state index in [4.69, 9.17) is 17.3 Å². The van der Waals surface area contributed by atoms with Gasteiger partial charge in [0.25, 0.3) is 0 Å². The van der Waals surface area contributed by atoms with E-state index in [1.165, 1.54) is 5.56 Å². The minimum absolute atomic E-state index is 0.726. The lowest BCUT2D eigenvalue weighted by molar-refractivity contribution is 0.148. The predicted molar refractivity (Wildman–Crippen MR) is 68.6 cm³/mol. The molecule has 0 bridgehead atoms. The second-order valence-electron chi connectivity index (χ2n) is 4.47. The summed E-state index contributed by atoms with van der Waals surface area (Å²) >= 11 is 5.98. The summed E-state index contributed by atoms with van der Waals surface area (Å²) in [5.41, 5.74) is 7.73. The van der Waals surface area contributed by atoms with Crippen LogP contribution in [0.4, 0.5) is 5.69 Å². The molecule has 0 amide bonds. The highest BCUT2D eigenvalue weighted by Gasteiger charge is 2.13. The number of nitrogen functional groups attached to an aromatic ring is 1. The summed E-state index contributed by atoms with van der Waals surface area (Å²) in [6, 6.07) is 5.79. The Kier molecular flexibility index (Phi) is 3.69. The maximum atomic E-state index is 5.98. The molecular weight excluding hydrogens is 222 g/mol. The largest absolute Gasteiger partial charge is 0.399 e. The molecule has 2 N–H and O–H groups in total. The number of hydrogen-bond donors (Lipinski definition) is 1. The molecule has 0 unspecified atom stereocenters. The molecule has 0 radical (unpaired) electrons. The maximum absolute atomic E-state index is 5.98. The molecule has 1 aliphatic heterocycles. The van der Waals surface area contributed by atoms with E-state index in [0.717, 1.165) is 43.4 Å². The minimum Gasteiger partial charge on any atom is -0.399 e. The summed E-state index contributed by atoms with van der Waals surface area (Å²) in [6.07, 6.45) is 0. The standard InChI is InChI=1S/C12H18ClN3/c1-15-2-4-16(5-3-15)9-10-6-11(13)8-12(14)7-10/h6-8H,2-5,9,14H2,1H3. The van der Waals surface area contributed by atoms with E-state index in [9.17, 15) is 0 Å². The van der Waals surface area contributed by atoms with Crippen LogP contribution in [0.15, 0.2) is 18.2 Å². The van der Waals surface area contributed by atoms with Crippen LogP contribution in [0.1, 0.15) is 5.56 Å². The Bertz CT molecular complexity index is 339. The molecule has 1 aromatic carbocycles. The monoisotopic (exact) mass is 239 g/mol. The molecule has 1 aliphatic rings. The van der Waals surface area contributed by atoms with Crippen LogP contribution in [0.3, 0.4) is 0 Å². The summed E-state index contributed by atoms with van der Waals surface area (Å²) in [7, 11) is 2.16. The van der Waals surface area contributed by atoms with Gasteiger partial charge in [0.05, 0.1) is 0 Å². The molecule has 88 valence electrons. The number of anilines is 1. The first-order valence-electron chi connectivity index (χ1n) is 5.59. The van der Waals surface area contributed by atoms with Crippen molar-refractivity contribution in [3.8, 4) is 0 Å². The molecule has 16 heavy (non-hydrogen) atoms. The molecule has 2 rings (SSSR count). The maximum Gasteiger partial charge on any atom is 0.0429 e. The number of piperazine rings is 1. The zero-order valence-corrected chi connectivity index (χ0v) is 10.4. The van der Waals surface area contributed by atoms with Gasteiger partial charge in [0, 0.05) is 43.4 Å². The topological polar surface area (TPSA) is 32.5 Å². The minimum atomic E-state index is 0.726. The lowest BCUT2D eigenvalue weighted by Crippen LogP contribution is -2.43. The van der Waals surface area contributed by atoms with Crippen molar-refractivity contribution in [1.29, 1.82) is 0 Å². The first-order chi connectivity index (χ1) is 7.63. The van der Waals surface area contributed by atoms with Crippen molar-refractivity contribution in [2.75, 3.05) is 39.0 Å². The number of rotatable bonds is 2. The van der Waals surface area contributed by atoms with Crippen LogP contribution >= 0.6 is 11.6 Å². The van der Waals surface area contributed by atoms with Crippen molar-refractivity contribution in [2.24, 2.45) is 0 Å². The molecule has 0 atom stereocenters. The number of benzene rings is 1. The lowest BCUT2D eigenvalue weighted by Gasteiger charge is -2.32. The van der Waals surface area contributed by atoms with Crippen LogP contribution in [0, 0.1) is 0 Å². The Balaban J connectivity index is 1.98. The fourth-order valence-electron chi connectivity index (χ4n) is 2.03. The first-order valence-corrected chi connectivity index (χ1v) is 5.97. The molecule has 1 aromatic rings. The number of halogens is 1. The van der Waals surface area contributed by atoms with Gasteiger partial charge < -0.3 is 10.6 Å². The van der Waals surface area contributed by atoms with E-state index in [-0.39, 0.29) is 0 Å². The molecule has 0 saturated carbocycles. The average molecular weight is 240 g/mol. The predicted octanol–water partition coefficient (Wildman–Crippen LogP) is 1.67. The number of nitrogens with two attached hydrogens (primary N) is 1. The van der Waals surface area contributed by atoms with Crippen molar-refractivity contribution in [3.63, 3.8) is 0 Å². The fraction of sp³-hybridized carbons (Fsp3) is 0.500. The first kappa shape index (κ1) is 11.7. The third-order valence-electron chi connectivity index (χ3n) is 2.98. The van der Waals surface area contributed by atoms with Crippen molar-refractivity contribution in [3.05, 3.63) is 28.8 Å². The molecule has 1 saturated heterocycles. The van der Waals surface area contributed by atoms with Crippen molar-refractivity contribution in [2.45, 2.75) is 6.54 Å². The average Bonchev–Trinajstić information content (AvgIpc) is 2.20. The van der Waals surface area contributed by atoms with E-state index in [1.54, 1.807) is 6.07 Å².